The zero-order valence-electron chi connectivity index (χ0n) is 11.0. The Morgan fingerprint density at radius 3 is 3.00 bits per heavy atom. The van der Waals surface area contributed by atoms with Gasteiger partial charge in [-0.2, -0.15) is 0 Å². The Hall–Kier alpha value is -0.920. The standard InChI is InChI=1S/C16H23NO/c18-15-12-7-3-5-11-6-4-10-16(17-15)9-2-1-8-13(16)14(11)12/h3,7,11,13-14,17-18H,1-2,4-6,8-10H2. The third-order valence-electron chi connectivity index (χ3n) is 5.97. The van der Waals surface area contributed by atoms with Crippen LogP contribution in [0.4, 0.5) is 0 Å². The monoisotopic (exact) mass is 245 g/mol. The number of allylic oxidation sites excluding steroid dienone is 3. The van der Waals surface area contributed by atoms with Gasteiger partial charge < -0.3 is 10.4 Å². The third-order valence-corrected chi connectivity index (χ3v) is 5.97. The Morgan fingerprint density at radius 1 is 1.17 bits per heavy atom. The number of rotatable bonds is 0. The first-order valence-electron chi connectivity index (χ1n) is 7.68. The molecule has 2 bridgehead atoms. The summed E-state index contributed by atoms with van der Waals surface area (Å²) in [6, 6.07) is 0. The second-order valence-electron chi connectivity index (χ2n) is 6.75. The van der Waals surface area contributed by atoms with Crippen molar-refractivity contribution in [3.05, 3.63) is 23.6 Å². The Labute approximate surface area is 109 Å². The van der Waals surface area contributed by atoms with E-state index in [-0.39, 0.29) is 5.54 Å². The maximum Gasteiger partial charge on any atom is 0.188 e. The summed E-state index contributed by atoms with van der Waals surface area (Å²) in [5.74, 6) is 2.70. The normalized spacial score (nSPS) is 46.1. The minimum Gasteiger partial charge on any atom is -0.495 e. The number of aliphatic hydroxyl groups excluding tert-OH is 1. The van der Waals surface area contributed by atoms with Crippen LogP contribution in [0.1, 0.15) is 51.4 Å². The van der Waals surface area contributed by atoms with Gasteiger partial charge in [-0.15, -0.1) is 0 Å². The van der Waals surface area contributed by atoms with Crippen LogP contribution in [0.3, 0.4) is 0 Å². The molecule has 2 nitrogen and oxygen atoms in total. The lowest BCUT2D eigenvalue weighted by Crippen LogP contribution is -2.58. The first kappa shape index (κ1) is 11.0. The number of nitrogens with one attached hydrogen (secondary N) is 1. The van der Waals surface area contributed by atoms with Gasteiger partial charge in [0.15, 0.2) is 5.88 Å². The lowest BCUT2D eigenvalue weighted by Gasteiger charge is -2.52. The van der Waals surface area contributed by atoms with E-state index in [2.05, 4.69) is 17.5 Å². The summed E-state index contributed by atoms with van der Waals surface area (Å²) in [6.07, 6.45) is 15.0. The van der Waals surface area contributed by atoms with Gasteiger partial charge in [-0.25, -0.2) is 0 Å². The molecule has 0 aromatic rings. The first-order chi connectivity index (χ1) is 8.80. The van der Waals surface area contributed by atoms with Crippen molar-refractivity contribution in [3.63, 3.8) is 0 Å². The minimum atomic E-state index is 0.233. The summed E-state index contributed by atoms with van der Waals surface area (Å²) in [5, 5.41) is 13.9. The van der Waals surface area contributed by atoms with Crippen molar-refractivity contribution < 1.29 is 5.11 Å². The van der Waals surface area contributed by atoms with Crippen molar-refractivity contribution in [2.75, 3.05) is 0 Å². The summed E-state index contributed by atoms with van der Waals surface area (Å²) >= 11 is 0. The van der Waals surface area contributed by atoms with Crippen LogP contribution in [0.25, 0.3) is 0 Å². The topological polar surface area (TPSA) is 32.3 Å². The molecule has 0 aromatic heterocycles. The molecule has 2 heteroatoms. The van der Waals surface area contributed by atoms with Crippen LogP contribution < -0.4 is 5.32 Å². The zero-order valence-corrected chi connectivity index (χ0v) is 11.0. The predicted molar refractivity (Wildman–Crippen MR) is 72.1 cm³/mol. The summed E-state index contributed by atoms with van der Waals surface area (Å²) in [4.78, 5) is 0. The summed E-state index contributed by atoms with van der Waals surface area (Å²) < 4.78 is 0. The lowest BCUT2D eigenvalue weighted by atomic mass is 9.59. The molecule has 4 unspecified atom stereocenters. The zero-order chi connectivity index (χ0) is 12.2. The highest BCUT2D eigenvalue weighted by Gasteiger charge is 2.52. The molecule has 4 aliphatic rings. The van der Waals surface area contributed by atoms with Crippen molar-refractivity contribution in [1.29, 1.82) is 0 Å². The Bertz CT molecular complexity index is 425. The molecule has 2 fully saturated rings. The summed E-state index contributed by atoms with van der Waals surface area (Å²) in [6.45, 7) is 0. The van der Waals surface area contributed by atoms with Crippen molar-refractivity contribution >= 4 is 0 Å². The predicted octanol–water partition coefficient (Wildman–Crippen LogP) is 3.66. The van der Waals surface area contributed by atoms with E-state index in [0.29, 0.717) is 11.8 Å². The van der Waals surface area contributed by atoms with E-state index in [1.165, 1.54) is 56.9 Å². The first-order valence-corrected chi connectivity index (χ1v) is 7.68. The SMILES string of the molecule is OC1=C2C=CCC3CCCC4(CCCCC4C23)N1. The molecule has 0 amide bonds. The van der Waals surface area contributed by atoms with Crippen molar-refractivity contribution in [2.24, 2.45) is 17.8 Å². The molecule has 0 saturated heterocycles. The Balaban J connectivity index is 1.86. The van der Waals surface area contributed by atoms with Crippen molar-refractivity contribution in [3.8, 4) is 0 Å². The number of hydrogen-bond acceptors (Lipinski definition) is 2. The highest BCUT2D eigenvalue weighted by molar-refractivity contribution is 5.34. The van der Waals surface area contributed by atoms with Gasteiger partial charge in [-0.05, 0) is 49.9 Å². The van der Waals surface area contributed by atoms with Crippen LogP contribution >= 0.6 is 0 Å². The fourth-order valence-corrected chi connectivity index (χ4v) is 5.27. The van der Waals surface area contributed by atoms with E-state index in [4.69, 9.17) is 0 Å². The van der Waals surface area contributed by atoms with Gasteiger partial charge in [0.05, 0.1) is 0 Å². The van der Waals surface area contributed by atoms with Gasteiger partial charge in [0.2, 0.25) is 0 Å². The van der Waals surface area contributed by atoms with Gasteiger partial charge in [-0.1, -0.05) is 31.4 Å². The van der Waals surface area contributed by atoms with E-state index in [9.17, 15) is 5.11 Å². The van der Waals surface area contributed by atoms with Crippen LogP contribution in [0.15, 0.2) is 23.6 Å². The molecule has 4 atom stereocenters. The van der Waals surface area contributed by atoms with Crippen LogP contribution in [0.5, 0.6) is 0 Å². The Kier molecular flexibility index (Phi) is 2.30. The largest absolute Gasteiger partial charge is 0.495 e. The van der Waals surface area contributed by atoms with E-state index in [1.807, 2.05) is 0 Å². The fraction of sp³-hybridized carbons (Fsp3) is 0.750. The highest BCUT2D eigenvalue weighted by atomic mass is 16.3. The summed E-state index contributed by atoms with van der Waals surface area (Å²) in [7, 11) is 0. The van der Waals surface area contributed by atoms with Gasteiger partial charge in [0.25, 0.3) is 0 Å². The quantitative estimate of drug-likeness (QED) is 0.682. The smallest absolute Gasteiger partial charge is 0.188 e. The number of aliphatic hydroxyl groups is 1. The molecule has 1 aliphatic heterocycles. The van der Waals surface area contributed by atoms with Crippen molar-refractivity contribution in [2.45, 2.75) is 56.9 Å². The Morgan fingerprint density at radius 2 is 2.06 bits per heavy atom. The van der Waals surface area contributed by atoms with Crippen LogP contribution in [0.2, 0.25) is 0 Å². The van der Waals surface area contributed by atoms with Gasteiger partial charge in [0.1, 0.15) is 0 Å². The van der Waals surface area contributed by atoms with Crippen LogP contribution in [-0.4, -0.2) is 10.6 Å². The molecule has 98 valence electrons. The average molecular weight is 245 g/mol. The molecule has 0 aromatic carbocycles. The van der Waals surface area contributed by atoms with Crippen molar-refractivity contribution in [1.82, 2.24) is 5.32 Å². The molecule has 2 N–H and O–H groups in total. The van der Waals surface area contributed by atoms with Gasteiger partial charge >= 0.3 is 0 Å². The number of hydrogen-bond donors (Lipinski definition) is 2. The molecule has 2 saturated carbocycles. The second-order valence-corrected chi connectivity index (χ2v) is 6.75. The third kappa shape index (κ3) is 1.35. The van der Waals surface area contributed by atoms with Gasteiger partial charge in [0, 0.05) is 11.1 Å². The molecule has 18 heavy (non-hydrogen) atoms. The molecule has 3 aliphatic carbocycles. The van der Waals surface area contributed by atoms with E-state index in [0.717, 1.165) is 11.8 Å². The molecular weight excluding hydrogens is 222 g/mol. The second kappa shape index (κ2) is 3.79. The van der Waals surface area contributed by atoms with Gasteiger partial charge in [-0.3, -0.25) is 0 Å². The highest BCUT2D eigenvalue weighted by Crippen LogP contribution is 2.54. The van der Waals surface area contributed by atoms with E-state index in [1.54, 1.807) is 0 Å². The lowest BCUT2D eigenvalue weighted by molar-refractivity contribution is 0.0592. The average Bonchev–Trinajstić information content (AvgIpc) is 2.53. The summed E-state index contributed by atoms with van der Waals surface area (Å²) in [5.41, 5.74) is 1.45. The van der Waals surface area contributed by atoms with Crippen LogP contribution in [-0.2, 0) is 0 Å². The molecule has 0 radical (unpaired) electrons. The maximum absolute atomic E-state index is 10.4. The molecule has 1 heterocycles. The van der Waals surface area contributed by atoms with E-state index < -0.39 is 0 Å². The fourth-order valence-electron chi connectivity index (χ4n) is 5.27. The maximum atomic E-state index is 10.4. The van der Waals surface area contributed by atoms with Crippen LogP contribution in [0, 0.1) is 17.8 Å². The van der Waals surface area contributed by atoms with E-state index >= 15 is 0 Å². The molecular formula is C16H23NO. The molecule has 0 spiro atoms. The molecule has 4 rings (SSSR count). The minimum absolute atomic E-state index is 0.233.